The van der Waals surface area contributed by atoms with E-state index < -0.39 is 21.4 Å². The molecule has 0 spiro atoms. The first-order valence-electron chi connectivity index (χ1n) is 9.66. The topological polar surface area (TPSA) is 69.6 Å². The number of halogens is 1. The highest BCUT2D eigenvalue weighted by Crippen LogP contribution is 2.28. The average molecular weight is 413 g/mol. The number of fused-ring (bicyclic) bond motifs is 1. The summed E-state index contributed by atoms with van der Waals surface area (Å²) in [6.45, 7) is 4.86. The Kier molecular flexibility index (Phi) is 6.64. The highest BCUT2D eigenvalue weighted by molar-refractivity contribution is 7.90. The van der Waals surface area contributed by atoms with Gasteiger partial charge >= 0.3 is 0 Å². The molecule has 1 fully saturated rings. The molecule has 0 bridgehead atoms. The Balaban J connectivity index is 1.57. The molecule has 2 N–H and O–H groups in total. The predicted molar refractivity (Wildman–Crippen MR) is 110 cm³/mol. The zero-order chi connectivity index (χ0) is 19.6. The maximum Gasteiger partial charge on any atom is 0.218 e. The molecule has 1 aromatic rings. The van der Waals surface area contributed by atoms with Crippen LogP contribution in [-0.2, 0) is 16.4 Å². The molecule has 1 aromatic carbocycles. The lowest BCUT2D eigenvalue weighted by molar-refractivity contribution is 0.0438. The highest BCUT2D eigenvalue weighted by atomic mass is 35.5. The van der Waals surface area contributed by atoms with Crippen molar-refractivity contribution in [3.8, 4) is 0 Å². The molecule has 27 heavy (non-hydrogen) atoms. The summed E-state index contributed by atoms with van der Waals surface area (Å²) in [5, 5.41) is 10.4. The van der Waals surface area contributed by atoms with Crippen molar-refractivity contribution in [1.29, 1.82) is 0 Å². The van der Waals surface area contributed by atoms with Crippen LogP contribution in [0, 0.1) is 0 Å². The van der Waals surface area contributed by atoms with E-state index in [0.717, 1.165) is 24.0 Å². The Labute approximate surface area is 167 Å². The highest BCUT2D eigenvalue weighted by Gasteiger charge is 2.29. The largest absolute Gasteiger partial charge is 0.390 e. The number of nitrogens with zero attached hydrogens (tertiary/aromatic N) is 1. The molecule has 0 saturated carbocycles. The van der Waals surface area contributed by atoms with Crippen LogP contribution in [-0.4, -0.2) is 55.0 Å². The van der Waals surface area contributed by atoms with Crippen LogP contribution in [0.15, 0.2) is 24.3 Å². The summed E-state index contributed by atoms with van der Waals surface area (Å²) < 4.78 is 28.0. The summed E-state index contributed by atoms with van der Waals surface area (Å²) in [6.07, 6.45) is 6.57. The molecule has 1 unspecified atom stereocenters. The molecule has 0 amide bonds. The third kappa shape index (κ3) is 4.93. The summed E-state index contributed by atoms with van der Waals surface area (Å²) >= 11 is 6.17. The van der Waals surface area contributed by atoms with Crippen molar-refractivity contribution in [2.75, 3.05) is 13.1 Å². The van der Waals surface area contributed by atoms with E-state index in [1.807, 2.05) is 12.1 Å². The Morgan fingerprint density at radius 1 is 1.30 bits per heavy atom. The lowest BCUT2D eigenvalue weighted by Crippen LogP contribution is -2.50. The first kappa shape index (κ1) is 20.8. The van der Waals surface area contributed by atoms with E-state index >= 15 is 0 Å². The average Bonchev–Trinajstić information content (AvgIpc) is 2.63. The zero-order valence-electron chi connectivity index (χ0n) is 15.9. The minimum absolute atomic E-state index is 0.0328. The van der Waals surface area contributed by atoms with Crippen molar-refractivity contribution >= 4 is 27.7 Å². The Hall–Kier alpha value is -0.920. The van der Waals surface area contributed by atoms with Crippen molar-refractivity contribution in [3.05, 3.63) is 40.4 Å². The van der Waals surface area contributed by atoms with Crippen LogP contribution >= 0.6 is 11.6 Å². The van der Waals surface area contributed by atoms with E-state index in [9.17, 15) is 13.5 Å². The monoisotopic (exact) mass is 412 g/mol. The van der Waals surface area contributed by atoms with E-state index in [1.165, 1.54) is 6.42 Å². The summed E-state index contributed by atoms with van der Waals surface area (Å²) in [4.78, 5) is 2.28. The van der Waals surface area contributed by atoms with Gasteiger partial charge in [0.05, 0.1) is 11.4 Å². The van der Waals surface area contributed by atoms with E-state index in [1.54, 1.807) is 18.2 Å². The fraction of sp³-hybridized carbons (Fsp3) is 0.600. The molecule has 5 nitrogen and oxygen atoms in total. The van der Waals surface area contributed by atoms with Crippen LogP contribution in [0.1, 0.15) is 44.2 Å². The van der Waals surface area contributed by atoms with Gasteiger partial charge in [0.1, 0.15) is 0 Å². The van der Waals surface area contributed by atoms with E-state index in [4.69, 9.17) is 11.6 Å². The van der Waals surface area contributed by atoms with Crippen LogP contribution in [0.25, 0.3) is 6.08 Å². The van der Waals surface area contributed by atoms with Gasteiger partial charge in [-0.1, -0.05) is 42.3 Å². The van der Waals surface area contributed by atoms with Crippen molar-refractivity contribution in [2.45, 2.75) is 63.0 Å². The minimum Gasteiger partial charge on any atom is -0.390 e. The van der Waals surface area contributed by atoms with Crippen molar-refractivity contribution < 1.29 is 13.5 Å². The molecule has 0 aromatic heterocycles. The second kappa shape index (κ2) is 8.62. The number of sulfonamides is 1. The number of β-amino-alcohol motifs (C(OH)–C–C–N with tert-alkyl or cyclic N) is 1. The summed E-state index contributed by atoms with van der Waals surface area (Å²) in [6, 6.07) is 6.38. The van der Waals surface area contributed by atoms with Crippen molar-refractivity contribution in [1.82, 2.24) is 9.62 Å². The van der Waals surface area contributed by atoms with Gasteiger partial charge in [-0.15, -0.1) is 0 Å². The SMILES string of the molecule is C[C@@H]1CCC[C@H](C)N1C[C@@H](O)CNS(=O)(=O)C1C=Cc2c(Cl)cccc2C1. The fourth-order valence-corrected chi connectivity index (χ4v) is 5.69. The Bertz CT molecular complexity index is 786. The Morgan fingerprint density at radius 2 is 2.00 bits per heavy atom. The minimum atomic E-state index is -3.56. The van der Waals surface area contributed by atoms with E-state index in [2.05, 4.69) is 23.5 Å². The number of aliphatic hydroxyl groups is 1. The number of rotatable bonds is 6. The molecular weight excluding hydrogens is 384 g/mol. The van der Waals surface area contributed by atoms with Gasteiger partial charge in [-0.2, -0.15) is 0 Å². The molecule has 1 heterocycles. The van der Waals surface area contributed by atoms with Gasteiger partial charge in [0.15, 0.2) is 0 Å². The van der Waals surface area contributed by atoms with Crippen LogP contribution in [0.2, 0.25) is 5.02 Å². The first-order valence-corrected chi connectivity index (χ1v) is 11.6. The number of hydrogen-bond acceptors (Lipinski definition) is 4. The summed E-state index contributed by atoms with van der Waals surface area (Å²) in [5.74, 6) is 0. The first-order chi connectivity index (χ1) is 12.8. The zero-order valence-corrected chi connectivity index (χ0v) is 17.5. The lowest BCUT2D eigenvalue weighted by Gasteiger charge is -2.40. The molecule has 150 valence electrons. The molecule has 1 saturated heterocycles. The number of nitrogens with one attached hydrogen (secondary N) is 1. The third-order valence-corrected chi connectivity index (χ3v) is 7.78. The second-order valence-corrected chi connectivity index (χ2v) is 10.2. The van der Waals surface area contributed by atoms with Crippen LogP contribution in [0.5, 0.6) is 0 Å². The van der Waals surface area contributed by atoms with Gasteiger partial charge in [-0.3, -0.25) is 4.90 Å². The van der Waals surface area contributed by atoms with Crippen molar-refractivity contribution in [2.24, 2.45) is 0 Å². The van der Waals surface area contributed by atoms with Gasteiger partial charge in [0.2, 0.25) is 10.0 Å². The number of benzene rings is 1. The molecule has 0 radical (unpaired) electrons. The molecular formula is C20H29ClN2O3S. The predicted octanol–water partition coefficient (Wildman–Crippen LogP) is 2.82. The summed E-state index contributed by atoms with van der Waals surface area (Å²) in [5.41, 5.74) is 1.82. The molecule has 2 aliphatic rings. The third-order valence-electron chi connectivity index (χ3n) is 5.76. The molecule has 1 aliphatic heterocycles. The normalized spacial score (nSPS) is 27.3. The van der Waals surface area contributed by atoms with Crippen LogP contribution in [0.4, 0.5) is 0 Å². The van der Waals surface area contributed by atoms with Crippen LogP contribution < -0.4 is 4.72 Å². The van der Waals surface area contributed by atoms with Gasteiger partial charge in [-0.25, -0.2) is 13.1 Å². The standard InChI is InChI=1S/C20H29ClN2O3S/c1-14-5-3-6-15(2)23(14)13-17(24)12-22-27(25,26)18-9-10-19-16(11-18)7-4-8-20(19)21/h4,7-10,14-15,17-18,22,24H,3,5-6,11-13H2,1-2H3/t14-,15+,17-,18?/m0/s1. The maximum atomic E-state index is 12.7. The van der Waals surface area contributed by atoms with Gasteiger partial charge in [0, 0.05) is 30.2 Å². The van der Waals surface area contributed by atoms with Crippen molar-refractivity contribution in [3.63, 3.8) is 0 Å². The molecule has 3 rings (SSSR count). The number of hydrogen-bond donors (Lipinski definition) is 2. The van der Waals surface area contributed by atoms with Gasteiger partial charge in [0.25, 0.3) is 0 Å². The number of likely N-dealkylation sites (tertiary alicyclic amines) is 1. The number of aliphatic hydroxyl groups excluding tert-OH is 1. The molecule has 4 atom stereocenters. The molecule has 1 aliphatic carbocycles. The van der Waals surface area contributed by atoms with E-state index in [-0.39, 0.29) is 6.54 Å². The fourth-order valence-electron chi connectivity index (χ4n) is 4.11. The Morgan fingerprint density at radius 3 is 2.70 bits per heavy atom. The lowest BCUT2D eigenvalue weighted by atomic mass is 9.97. The summed E-state index contributed by atoms with van der Waals surface area (Å²) in [7, 11) is -3.56. The molecule has 7 heteroatoms. The maximum absolute atomic E-state index is 12.7. The van der Waals surface area contributed by atoms with Gasteiger partial charge < -0.3 is 5.11 Å². The van der Waals surface area contributed by atoms with Crippen LogP contribution in [0.3, 0.4) is 0 Å². The number of piperidine rings is 1. The van der Waals surface area contributed by atoms with Gasteiger partial charge in [-0.05, 0) is 50.3 Å². The smallest absolute Gasteiger partial charge is 0.218 e. The quantitative estimate of drug-likeness (QED) is 0.753. The van der Waals surface area contributed by atoms with E-state index in [0.29, 0.717) is 30.1 Å². The second-order valence-electron chi connectivity index (χ2n) is 7.79.